The third-order valence-corrected chi connectivity index (χ3v) is 5.60. The van der Waals surface area contributed by atoms with Crippen molar-refractivity contribution in [3.8, 4) is 0 Å². The van der Waals surface area contributed by atoms with Crippen LogP contribution in [0, 0.1) is 0 Å². The van der Waals surface area contributed by atoms with Gasteiger partial charge in [0, 0.05) is 4.75 Å². The first kappa shape index (κ1) is 15.9. The Labute approximate surface area is 134 Å². The van der Waals surface area contributed by atoms with Crippen molar-refractivity contribution in [1.82, 2.24) is 4.90 Å². The number of amides is 1. The second kappa shape index (κ2) is 5.07. The highest BCUT2D eigenvalue weighted by molar-refractivity contribution is 8.02. The quantitative estimate of drug-likeness (QED) is 0.252. The molecule has 0 bridgehead atoms. The molecule has 2 aliphatic heterocycles. The van der Waals surface area contributed by atoms with Gasteiger partial charge in [0.25, 0.3) is 4.52 Å². The van der Waals surface area contributed by atoms with Crippen molar-refractivity contribution in [3.05, 3.63) is 5.53 Å². The van der Waals surface area contributed by atoms with Crippen LogP contribution in [0.15, 0.2) is 0 Å². The summed E-state index contributed by atoms with van der Waals surface area (Å²) in [4.78, 5) is 28.3. The third kappa shape index (κ3) is 2.42. The number of nitrogens with zero attached hydrogens (tertiary/aromatic N) is 3. The molecule has 10 heteroatoms. The molecule has 2 aliphatic rings. The van der Waals surface area contributed by atoms with Crippen LogP contribution >= 0.6 is 46.6 Å². The zero-order valence-electron chi connectivity index (χ0n) is 10.5. The zero-order chi connectivity index (χ0) is 15.3. The lowest BCUT2D eigenvalue weighted by molar-refractivity contribution is -0.160. The van der Waals surface area contributed by atoms with Crippen molar-refractivity contribution in [2.24, 2.45) is 0 Å². The Morgan fingerprint density at radius 1 is 1.60 bits per heavy atom. The summed E-state index contributed by atoms with van der Waals surface area (Å²) < 4.78 is 2.44. The van der Waals surface area contributed by atoms with Crippen LogP contribution in [0.2, 0.25) is 0 Å². The second-order valence-electron chi connectivity index (χ2n) is 4.87. The number of hydrogen-bond donors (Lipinski definition) is 0. The van der Waals surface area contributed by atoms with Crippen LogP contribution < -0.4 is 0 Å². The molecular weight excluding hydrogens is 349 g/mol. The lowest BCUT2D eigenvalue weighted by atomic mass is 9.97. The Balaban J connectivity index is 2.25. The highest BCUT2D eigenvalue weighted by Gasteiger charge is 2.67. The molecule has 0 radical (unpaired) electrons. The number of β-lactam (4-membered cyclic amide) rings is 1. The Morgan fingerprint density at radius 2 is 2.20 bits per heavy atom. The number of thioether (sulfide) groups is 1. The van der Waals surface area contributed by atoms with Gasteiger partial charge < -0.3 is 10.3 Å². The fourth-order valence-corrected chi connectivity index (χ4v) is 3.89. The van der Waals surface area contributed by atoms with Gasteiger partial charge in [0.1, 0.15) is 6.04 Å². The monoisotopic (exact) mass is 357 g/mol. The van der Waals surface area contributed by atoms with E-state index in [1.165, 1.54) is 16.7 Å². The Kier molecular flexibility index (Phi) is 4.04. The van der Waals surface area contributed by atoms with Gasteiger partial charge in [0.2, 0.25) is 0 Å². The van der Waals surface area contributed by atoms with Gasteiger partial charge >= 0.3 is 17.6 Å². The van der Waals surface area contributed by atoms with Gasteiger partial charge in [0.05, 0.1) is 5.88 Å². The first-order chi connectivity index (χ1) is 9.14. The topological polar surface area (TPSA) is 83.0 Å². The van der Waals surface area contributed by atoms with E-state index in [0.717, 1.165) is 0 Å². The minimum absolute atomic E-state index is 0.0127. The SMILES string of the molecule is CC1(C)S[C@@H]2C(=[N+]=[N-])C(=O)N2[C@H]1C(=O)OC(Cl)(Cl)CCl. The summed E-state index contributed by atoms with van der Waals surface area (Å²) in [6.07, 6.45) is 0. The summed E-state index contributed by atoms with van der Waals surface area (Å²) in [6, 6.07) is -0.879. The van der Waals surface area contributed by atoms with Crippen LogP contribution in [-0.2, 0) is 14.3 Å². The Bertz CT molecular complexity index is 533. The molecule has 2 heterocycles. The van der Waals surface area contributed by atoms with E-state index < -0.39 is 32.6 Å². The summed E-state index contributed by atoms with van der Waals surface area (Å²) >= 11 is 18.2. The molecule has 0 N–H and O–H groups in total. The minimum Gasteiger partial charge on any atom is -0.426 e. The fourth-order valence-electron chi connectivity index (χ4n) is 2.18. The van der Waals surface area contributed by atoms with E-state index in [9.17, 15) is 9.59 Å². The molecule has 0 spiro atoms. The summed E-state index contributed by atoms with van der Waals surface area (Å²) in [6.45, 7) is 3.55. The normalized spacial score (nSPS) is 27.8. The van der Waals surface area contributed by atoms with Crippen molar-refractivity contribution in [2.75, 3.05) is 5.88 Å². The van der Waals surface area contributed by atoms with Gasteiger partial charge in [-0.3, -0.25) is 9.69 Å². The maximum absolute atomic E-state index is 12.2. The molecule has 2 rings (SSSR count). The minimum atomic E-state index is -1.85. The Morgan fingerprint density at radius 3 is 2.70 bits per heavy atom. The van der Waals surface area contributed by atoms with Gasteiger partial charge in [-0.2, -0.15) is 4.79 Å². The van der Waals surface area contributed by atoms with Crippen molar-refractivity contribution in [3.63, 3.8) is 0 Å². The smallest absolute Gasteiger partial charge is 0.388 e. The number of carbonyl (C=O) groups is 2. The number of carbonyl (C=O) groups excluding carboxylic acids is 2. The molecule has 0 aromatic rings. The van der Waals surface area contributed by atoms with Gasteiger partial charge in [-0.25, -0.2) is 4.79 Å². The molecule has 20 heavy (non-hydrogen) atoms. The van der Waals surface area contributed by atoms with Crippen LogP contribution in [0.4, 0.5) is 0 Å². The maximum atomic E-state index is 12.2. The maximum Gasteiger partial charge on any atom is 0.388 e. The molecule has 2 atom stereocenters. The number of halogens is 3. The summed E-state index contributed by atoms with van der Waals surface area (Å²) in [5.74, 6) is -1.57. The molecule has 0 aromatic heterocycles. The van der Waals surface area contributed by atoms with Gasteiger partial charge in [0.15, 0.2) is 5.37 Å². The van der Waals surface area contributed by atoms with Crippen LogP contribution in [0.1, 0.15) is 13.8 Å². The van der Waals surface area contributed by atoms with Crippen LogP contribution in [0.3, 0.4) is 0 Å². The molecule has 110 valence electrons. The highest BCUT2D eigenvalue weighted by atomic mass is 35.5. The largest absolute Gasteiger partial charge is 0.426 e. The van der Waals surface area contributed by atoms with Crippen molar-refractivity contribution < 1.29 is 19.1 Å². The molecule has 0 unspecified atom stereocenters. The van der Waals surface area contributed by atoms with E-state index in [1.54, 1.807) is 13.8 Å². The number of fused-ring (bicyclic) bond motifs is 1. The number of esters is 1. The fraction of sp³-hybridized carbons (Fsp3) is 0.700. The molecule has 2 fully saturated rings. The first-order valence-electron chi connectivity index (χ1n) is 5.53. The molecule has 6 nitrogen and oxygen atoms in total. The van der Waals surface area contributed by atoms with Crippen molar-refractivity contribution >= 4 is 64.2 Å². The average molecular weight is 359 g/mol. The van der Waals surface area contributed by atoms with Crippen LogP contribution in [-0.4, -0.2) is 53.8 Å². The van der Waals surface area contributed by atoms with Gasteiger partial charge in [-0.1, -0.05) is 23.2 Å². The summed E-state index contributed by atoms with van der Waals surface area (Å²) in [5, 5.41) is -0.476. The number of hydrogen-bond acceptors (Lipinski definition) is 4. The average Bonchev–Trinajstić information content (AvgIpc) is 2.58. The molecule has 2 saturated heterocycles. The van der Waals surface area contributed by atoms with Gasteiger partial charge in [-0.15, -0.1) is 23.4 Å². The predicted molar refractivity (Wildman–Crippen MR) is 76.0 cm³/mol. The lowest BCUT2D eigenvalue weighted by Gasteiger charge is -2.34. The molecule has 0 aliphatic carbocycles. The van der Waals surface area contributed by atoms with E-state index in [0.29, 0.717) is 0 Å². The van der Waals surface area contributed by atoms with E-state index in [-0.39, 0.29) is 11.6 Å². The molecule has 1 amide bonds. The molecule has 0 saturated carbocycles. The lowest BCUT2D eigenvalue weighted by Crippen LogP contribution is -2.64. The van der Waals surface area contributed by atoms with Gasteiger partial charge in [-0.05, 0) is 13.8 Å². The highest BCUT2D eigenvalue weighted by Crippen LogP contribution is 2.49. The first-order valence-corrected chi connectivity index (χ1v) is 7.70. The Hall–Kier alpha value is -0.460. The molecular formula is C10H10Cl3N3O3S. The van der Waals surface area contributed by atoms with Crippen molar-refractivity contribution in [1.29, 1.82) is 0 Å². The van der Waals surface area contributed by atoms with E-state index >= 15 is 0 Å². The third-order valence-electron chi connectivity index (χ3n) is 3.03. The van der Waals surface area contributed by atoms with E-state index in [1.807, 2.05) is 0 Å². The van der Waals surface area contributed by atoms with E-state index in [2.05, 4.69) is 4.79 Å². The standard InChI is InChI=1S/C10H10Cl3N3O3S/c1-9(2)5(8(18)19-10(12,13)3-11)16-6(17)4(15-14)7(16)20-9/h5,7H,3H2,1-2H3/t5-,7+/m0/s1. The number of ether oxygens (including phenoxy) is 1. The van der Waals surface area contributed by atoms with Crippen LogP contribution in [0.25, 0.3) is 5.53 Å². The summed E-state index contributed by atoms with van der Waals surface area (Å²) in [7, 11) is 0. The predicted octanol–water partition coefficient (Wildman–Crippen LogP) is 1.63. The number of rotatable bonds is 3. The zero-order valence-corrected chi connectivity index (χ0v) is 13.6. The molecule has 0 aromatic carbocycles. The summed E-state index contributed by atoms with van der Waals surface area (Å²) in [5.41, 5.74) is 8.79. The van der Waals surface area contributed by atoms with Crippen molar-refractivity contribution in [2.45, 2.75) is 34.5 Å². The number of alkyl halides is 3. The van der Waals surface area contributed by atoms with E-state index in [4.69, 9.17) is 45.1 Å². The second-order valence-corrected chi connectivity index (χ2v) is 8.28. The van der Waals surface area contributed by atoms with Crippen LogP contribution in [0.5, 0.6) is 0 Å².